The molecule has 7 nitrogen and oxygen atoms in total. The number of hydrogen-bond acceptors (Lipinski definition) is 5. The van der Waals surface area contributed by atoms with Crippen molar-refractivity contribution in [2.75, 3.05) is 10.6 Å². The highest BCUT2D eigenvalue weighted by Gasteiger charge is 2.34. The number of amides is 2. The number of nitrogens with one attached hydrogen (secondary N) is 2. The Hall–Kier alpha value is -2.78. The summed E-state index contributed by atoms with van der Waals surface area (Å²) in [4.78, 5) is 26.2. The van der Waals surface area contributed by atoms with E-state index in [1.165, 1.54) is 68.5 Å². The van der Waals surface area contributed by atoms with Crippen LogP contribution in [0.4, 0.5) is 11.4 Å². The van der Waals surface area contributed by atoms with Gasteiger partial charge in [-0.1, -0.05) is 124 Å². The van der Waals surface area contributed by atoms with Crippen molar-refractivity contribution >= 4 is 67.8 Å². The summed E-state index contributed by atoms with van der Waals surface area (Å²) in [6, 6.07) is 14.6. The Morgan fingerprint density at radius 3 is 1.95 bits per heavy atom. The fourth-order valence-corrected chi connectivity index (χ4v) is 7.01. The van der Waals surface area contributed by atoms with Crippen molar-refractivity contribution in [1.29, 1.82) is 0 Å². The molecule has 2 amide bonds. The number of benzene rings is 3. The fraction of sp³-hybridized carbons (Fsp3) is 0.394. The van der Waals surface area contributed by atoms with E-state index in [0.717, 1.165) is 31.7 Å². The number of unbranched alkanes of at least 4 members (excludes halogenated alkanes) is 9. The van der Waals surface area contributed by atoms with E-state index in [4.69, 9.17) is 34.8 Å². The molecule has 238 valence electrons. The molecule has 0 aromatic heterocycles. The summed E-state index contributed by atoms with van der Waals surface area (Å²) >= 11 is 18.3. The van der Waals surface area contributed by atoms with Gasteiger partial charge in [0.15, 0.2) is 9.84 Å². The van der Waals surface area contributed by atoms with E-state index in [1.54, 1.807) is 18.2 Å². The molecule has 0 saturated heterocycles. The summed E-state index contributed by atoms with van der Waals surface area (Å²) in [5.41, 5.74) is 0.203. The molecule has 0 heterocycles. The van der Waals surface area contributed by atoms with Crippen LogP contribution in [0.2, 0.25) is 15.1 Å². The molecule has 11 heteroatoms. The van der Waals surface area contributed by atoms with Crippen LogP contribution < -0.4 is 10.6 Å². The first kappa shape index (κ1) is 35.7. The predicted octanol–water partition coefficient (Wildman–Crippen LogP) is 9.70. The van der Waals surface area contributed by atoms with E-state index in [1.807, 2.05) is 0 Å². The van der Waals surface area contributed by atoms with Crippen LogP contribution in [0.5, 0.6) is 5.75 Å². The smallest absolute Gasteiger partial charge is 0.255 e. The van der Waals surface area contributed by atoms with Crippen LogP contribution in [0.25, 0.3) is 0 Å². The van der Waals surface area contributed by atoms with Gasteiger partial charge in [-0.15, -0.1) is 0 Å². The predicted molar refractivity (Wildman–Crippen MR) is 180 cm³/mol. The number of phenolic OH excluding ortho intramolecular Hbond substituents is 1. The lowest BCUT2D eigenvalue weighted by molar-refractivity contribution is -0.116. The molecule has 0 aliphatic carbocycles. The summed E-state index contributed by atoms with van der Waals surface area (Å²) in [6.07, 6.45) is 10.9. The van der Waals surface area contributed by atoms with E-state index < -0.39 is 26.9 Å². The average Bonchev–Trinajstić information content (AvgIpc) is 3.00. The minimum atomic E-state index is -4.01. The number of carbonyl (C=O) groups excluding carboxylic acids is 2. The lowest BCUT2D eigenvalue weighted by Crippen LogP contribution is -2.35. The van der Waals surface area contributed by atoms with Crippen molar-refractivity contribution in [2.45, 2.75) is 87.7 Å². The molecule has 3 N–H and O–H groups in total. The highest BCUT2D eigenvalue weighted by molar-refractivity contribution is 7.92. The maximum absolute atomic E-state index is 13.6. The minimum absolute atomic E-state index is 0.00427. The number of aromatic hydroxyl groups is 1. The molecule has 1 unspecified atom stereocenters. The maximum Gasteiger partial charge on any atom is 0.255 e. The van der Waals surface area contributed by atoms with Crippen LogP contribution in [-0.4, -0.2) is 30.6 Å². The normalized spacial score (nSPS) is 12.1. The largest absolute Gasteiger partial charge is 0.506 e. The van der Waals surface area contributed by atoms with Gasteiger partial charge in [-0.25, -0.2) is 8.42 Å². The van der Waals surface area contributed by atoms with Gasteiger partial charge in [0.25, 0.3) is 5.91 Å². The zero-order chi connectivity index (χ0) is 32.1. The topological polar surface area (TPSA) is 113 Å². The molecule has 0 aliphatic heterocycles. The van der Waals surface area contributed by atoms with Crippen LogP contribution in [-0.2, 0) is 14.6 Å². The number of halogens is 3. The molecule has 0 aliphatic rings. The Morgan fingerprint density at radius 2 is 1.34 bits per heavy atom. The molecule has 0 radical (unpaired) electrons. The lowest BCUT2D eigenvalue weighted by atomic mass is 10.0. The Bertz CT molecular complexity index is 1520. The molecule has 0 saturated carbocycles. The Labute approximate surface area is 275 Å². The molecule has 44 heavy (non-hydrogen) atoms. The van der Waals surface area contributed by atoms with Crippen LogP contribution in [0.15, 0.2) is 65.6 Å². The molecule has 1 atom stereocenters. The standard InChI is InChI=1S/C33H39Cl3N2O5S/c1-2-3-4-5-6-7-8-9-10-14-17-31(44(42,43)24-15-12-11-13-16-24)33(41)37-28-22-30(39)29(21-27(28)36)38-32(40)23-18-19-25(34)26(35)20-23/h11-13,15-16,18-22,31,39H,2-10,14,17H2,1H3,(H,37,41)(H,38,40). The Balaban J connectivity index is 1.68. The van der Waals surface area contributed by atoms with Gasteiger partial charge in [0.2, 0.25) is 5.91 Å². The zero-order valence-corrected chi connectivity index (χ0v) is 27.8. The molecule has 0 bridgehead atoms. The van der Waals surface area contributed by atoms with Crippen LogP contribution in [0.3, 0.4) is 0 Å². The van der Waals surface area contributed by atoms with Gasteiger partial charge < -0.3 is 15.7 Å². The van der Waals surface area contributed by atoms with Crippen LogP contribution in [0, 0.1) is 0 Å². The first-order valence-corrected chi connectivity index (χ1v) is 17.6. The summed E-state index contributed by atoms with van der Waals surface area (Å²) in [5, 5.41) is 14.9. The van der Waals surface area contributed by atoms with Crippen molar-refractivity contribution in [3.63, 3.8) is 0 Å². The molecule has 3 aromatic carbocycles. The molecule has 0 spiro atoms. The second-order valence-corrected chi connectivity index (χ2v) is 14.1. The van der Waals surface area contributed by atoms with Crippen molar-refractivity contribution in [2.24, 2.45) is 0 Å². The quantitative estimate of drug-likeness (QED) is 0.0970. The Kier molecular flexibility index (Phi) is 14.3. The van der Waals surface area contributed by atoms with Crippen molar-refractivity contribution in [3.8, 4) is 5.75 Å². The van der Waals surface area contributed by atoms with Crippen molar-refractivity contribution < 1.29 is 23.1 Å². The fourth-order valence-electron chi connectivity index (χ4n) is 4.82. The van der Waals surface area contributed by atoms with E-state index in [2.05, 4.69) is 17.6 Å². The van der Waals surface area contributed by atoms with Gasteiger partial charge in [-0.3, -0.25) is 9.59 Å². The molecule has 3 aromatic rings. The molecule has 3 rings (SSSR count). The summed E-state index contributed by atoms with van der Waals surface area (Å²) in [5.74, 6) is -1.70. The average molecular weight is 682 g/mol. The van der Waals surface area contributed by atoms with E-state index in [9.17, 15) is 23.1 Å². The first-order valence-electron chi connectivity index (χ1n) is 14.9. The molecular formula is C33H39Cl3N2O5S. The summed E-state index contributed by atoms with van der Waals surface area (Å²) in [6.45, 7) is 2.20. The second kappa shape index (κ2) is 17.6. The Morgan fingerprint density at radius 1 is 0.727 bits per heavy atom. The highest BCUT2D eigenvalue weighted by atomic mass is 35.5. The minimum Gasteiger partial charge on any atom is -0.506 e. The van der Waals surface area contributed by atoms with Gasteiger partial charge in [0.05, 0.1) is 31.3 Å². The third kappa shape index (κ3) is 10.4. The monoisotopic (exact) mass is 680 g/mol. The summed E-state index contributed by atoms with van der Waals surface area (Å²) < 4.78 is 27.1. The zero-order valence-electron chi connectivity index (χ0n) is 24.8. The van der Waals surface area contributed by atoms with Crippen molar-refractivity contribution in [1.82, 2.24) is 0 Å². The van der Waals surface area contributed by atoms with Crippen LogP contribution >= 0.6 is 34.8 Å². The number of anilines is 2. The summed E-state index contributed by atoms with van der Waals surface area (Å²) in [7, 11) is -4.01. The lowest BCUT2D eigenvalue weighted by Gasteiger charge is -2.19. The van der Waals surface area contributed by atoms with E-state index >= 15 is 0 Å². The first-order chi connectivity index (χ1) is 21.0. The third-order valence-electron chi connectivity index (χ3n) is 7.33. The van der Waals surface area contributed by atoms with Crippen molar-refractivity contribution in [3.05, 3.63) is 81.3 Å². The number of hydrogen-bond donors (Lipinski definition) is 3. The van der Waals surface area contributed by atoms with Gasteiger partial charge in [-0.05, 0) is 42.8 Å². The van der Waals surface area contributed by atoms with E-state index in [-0.39, 0.29) is 49.1 Å². The highest BCUT2D eigenvalue weighted by Crippen LogP contribution is 2.35. The van der Waals surface area contributed by atoms with E-state index in [0.29, 0.717) is 6.42 Å². The van der Waals surface area contributed by atoms with Gasteiger partial charge in [0.1, 0.15) is 11.0 Å². The number of phenols is 1. The van der Waals surface area contributed by atoms with Gasteiger partial charge >= 0.3 is 0 Å². The second-order valence-electron chi connectivity index (χ2n) is 10.7. The molecule has 0 fully saturated rings. The molecular weight excluding hydrogens is 643 g/mol. The number of sulfone groups is 1. The van der Waals surface area contributed by atoms with Gasteiger partial charge in [-0.2, -0.15) is 0 Å². The maximum atomic E-state index is 13.6. The van der Waals surface area contributed by atoms with Crippen LogP contribution in [0.1, 0.15) is 87.9 Å². The third-order valence-corrected chi connectivity index (χ3v) is 10.5. The SMILES string of the molecule is CCCCCCCCCCCCC(C(=O)Nc1cc(O)c(NC(=O)c2ccc(Cl)c(Cl)c2)cc1Cl)S(=O)(=O)c1ccccc1. The number of carbonyl (C=O) groups is 2. The number of rotatable bonds is 17. The van der Waals surface area contributed by atoms with Gasteiger partial charge in [0, 0.05) is 11.6 Å².